The van der Waals surface area contributed by atoms with Crippen molar-refractivity contribution < 1.29 is 18.3 Å². The van der Waals surface area contributed by atoms with Crippen molar-refractivity contribution in [3.05, 3.63) is 89.0 Å². The van der Waals surface area contributed by atoms with Crippen LogP contribution in [0.5, 0.6) is 5.75 Å². The molecule has 0 spiro atoms. The number of aromatic nitrogens is 2. The zero-order valence-electron chi connectivity index (χ0n) is 17.5. The Hall–Kier alpha value is -3.36. The Morgan fingerprint density at radius 3 is 2.55 bits per heavy atom. The van der Waals surface area contributed by atoms with E-state index in [9.17, 15) is 9.18 Å². The first-order valence-electron chi connectivity index (χ1n) is 10.1. The summed E-state index contributed by atoms with van der Waals surface area (Å²) >= 11 is 7.21. The van der Waals surface area contributed by atoms with E-state index in [0.29, 0.717) is 50.1 Å². The first-order valence-corrected chi connectivity index (χ1v) is 11.3. The van der Waals surface area contributed by atoms with Gasteiger partial charge in [-0.1, -0.05) is 11.6 Å². The lowest BCUT2D eigenvalue weighted by Crippen LogP contribution is -2.22. The van der Waals surface area contributed by atoms with Crippen LogP contribution in [0.1, 0.15) is 23.0 Å². The molecule has 1 amide bonds. The molecule has 4 rings (SSSR count). The number of pyridine rings is 1. The van der Waals surface area contributed by atoms with Gasteiger partial charge in [-0.25, -0.2) is 14.4 Å². The maximum atomic E-state index is 13.3. The molecule has 2 aromatic heterocycles. The Morgan fingerprint density at radius 1 is 1.12 bits per heavy atom. The lowest BCUT2D eigenvalue weighted by atomic mass is 10.2. The van der Waals surface area contributed by atoms with Gasteiger partial charge in [0, 0.05) is 23.9 Å². The maximum Gasteiger partial charge on any atom is 0.251 e. The zero-order chi connectivity index (χ0) is 23.2. The third-order valence-electron chi connectivity index (χ3n) is 4.48. The van der Waals surface area contributed by atoms with Crippen molar-refractivity contribution in [2.45, 2.75) is 23.6 Å². The standard InChI is InChI=1S/C24H19ClFN3O3S/c1-2-27-22(30)15-5-10-19(11-6-15)31-14-20-24(33-21-12-7-17(25)13-28-21)32-23(29-20)16-3-8-18(26)9-4-16/h3-13H,2,14H2,1H3,(H,27,30). The van der Waals surface area contributed by atoms with Crippen molar-refractivity contribution in [1.29, 1.82) is 0 Å². The maximum absolute atomic E-state index is 13.3. The number of halogens is 2. The number of benzene rings is 2. The molecule has 0 radical (unpaired) electrons. The van der Waals surface area contributed by atoms with Gasteiger partial charge >= 0.3 is 0 Å². The van der Waals surface area contributed by atoms with E-state index in [0.717, 1.165) is 0 Å². The van der Waals surface area contributed by atoms with Gasteiger partial charge in [0.25, 0.3) is 5.91 Å². The molecule has 0 aliphatic rings. The predicted octanol–water partition coefficient (Wildman–Crippen LogP) is 6.01. The van der Waals surface area contributed by atoms with Crippen LogP contribution in [0.4, 0.5) is 4.39 Å². The average molecular weight is 484 g/mol. The quantitative estimate of drug-likeness (QED) is 0.331. The number of amides is 1. The van der Waals surface area contributed by atoms with Crippen LogP contribution in [0, 0.1) is 5.82 Å². The van der Waals surface area contributed by atoms with Crippen LogP contribution in [0.2, 0.25) is 5.02 Å². The van der Waals surface area contributed by atoms with Gasteiger partial charge in [0.1, 0.15) is 28.9 Å². The topological polar surface area (TPSA) is 77.2 Å². The molecule has 0 aliphatic carbocycles. The Balaban J connectivity index is 1.55. The molecular formula is C24H19ClFN3O3S. The van der Waals surface area contributed by atoms with Gasteiger partial charge in [-0.05, 0) is 79.3 Å². The number of nitrogens with one attached hydrogen (secondary N) is 1. The molecule has 0 saturated carbocycles. The van der Waals surface area contributed by atoms with Crippen LogP contribution in [0.15, 0.2) is 81.4 Å². The van der Waals surface area contributed by atoms with Crippen LogP contribution >= 0.6 is 23.4 Å². The van der Waals surface area contributed by atoms with Crippen molar-refractivity contribution in [2.75, 3.05) is 6.54 Å². The van der Waals surface area contributed by atoms with Gasteiger partial charge in [-0.2, -0.15) is 0 Å². The van der Waals surface area contributed by atoms with Crippen molar-refractivity contribution in [2.24, 2.45) is 0 Å². The van der Waals surface area contributed by atoms with Crippen molar-refractivity contribution >= 4 is 29.3 Å². The fourth-order valence-electron chi connectivity index (χ4n) is 2.86. The van der Waals surface area contributed by atoms with Crippen molar-refractivity contribution in [1.82, 2.24) is 15.3 Å². The average Bonchev–Trinajstić information content (AvgIpc) is 3.22. The van der Waals surface area contributed by atoms with E-state index in [2.05, 4.69) is 15.3 Å². The van der Waals surface area contributed by atoms with Crippen LogP contribution < -0.4 is 10.1 Å². The number of rotatable bonds is 8. The predicted molar refractivity (Wildman–Crippen MR) is 124 cm³/mol. The van der Waals surface area contributed by atoms with E-state index in [4.69, 9.17) is 20.8 Å². The lowest BCUT2D eigenvalue weighted by molar-refractivity contribution is 0.0956. The normalized spacial score (nSPS) is 10.8. The highest BCUT2D eigenvalue weighted by atomic mass is 35.5. The minimum atomic E-state index is -0.343. The number of hydrogen-bond donors (Lipinski definition) is 1. The first-order chi connectivity index (χ1) is 16.0. The molecule has 6 nitrogen and oxygen atoms in total. The van der Waals surface area contributed by atoms with Gasteiger partial charge in [-0.15, -0.1) is 0 Å². The molecule has 1 N–H and O–H groups in total. The van der Waals surface area contributed by atoms with E-state index in [-0.39, 0.29) is 18.3 Å². The monoisotopic (exact) mass is 483 g/mol. The van der Waals surface area contributed by atoms with Gasteiger partial charge in [0.05, 0.1) is 5.02 Å². The molecular weight excluding hydrogens is 465 g/mol. The number of carbonyl (C=O) groups excluding carboxylic acids is 1. The fraction of sp³-hybridized carbons (Fsp3) is 0.125. The summed E-state index contributed by atoms with van der Waals surface area (Å²) in [5.74, 6) is 0.440. The molecule has 0 fully saturated rings. The van der Waals surface area contributed by atoms with Crippen LogP contribution in [0.25, 0.3) is 11.5 Å². The number of hydrogen-bond acceptors (Lipinski definition) is 6. The lowest BCUT2D eigenvalue weighted by Gasteiger charge is -2.07. The van der Waals surface area contributed by atoms with Gasteiger partial charge in [-0.3, -0.25) is 4.79 Å². The highest BCUT2D eigenvalue weighted by Crippen LogP contribution is 2.34. The molecule has 4 aromatic rings. The summed E-state index contributed by atoms with van der Waals surface area (Å²) in [5.41, 5.74) is 1.75. The molecule has 2 heterocycles. The molecule has 168 valence electrons. The zero-order valence-corrected chi connectivity index (χ0v) is 19.1. The fourth-order valence-corrected chi connectivity index (χ4v) is 3.75. The van der Waals surface area contributed by atoms with Crippen LogP contribution in [-0.4, -0.2) is 22.4 Å². The number of ether oxygens (including phenoxy) is 1. The molecule has 0 atom stereocenters. The van der Waals surface area contributed by atoms with E-state index < -0.39 is 0 Å². The van der Waals surface area contributed by atoms with Gasteiger partial charge in [0.2, 0.25) is 5.89 Å². The molecule has 9 heteroatoms. The smallest absolute Gasteiger partial charge is 0.251 e. The van der Waals surface area contributed by atoms with Gasteiger partial charge in [0.15, 0.2) is 5.09 Å². The summed E-state index contributed by atoms with van der Waals surface area (Å²) in [6.07, 6.45) is 1.55. The van der Waals surface area contributed by atoms with Crippen molar-refractivity contribution in [3.63, 3.8) is 0 Å². The number of carbonyl (C=O) groups is 1. The second-order valence-electron chi connectivity index (χ2n) is 6.85. The summed E-state index contributed by atoms with van der Waals surface area (Å²) in [5, 5.41) is 4.46. The van der Waals surface area contributed by atoms with E-state index in [1.807, 2.05) is 6.92 Å². The molecule has 2 aromatic carbocycles. The third-order valence-corrected chi connectivity index (χ3v) is 5.66. The Kier molecular flexibility index (Phi) is 7.26. The SMILES string of the molecule is CCNC(=O)c1ccc(OCc2nc(-c3ccc(F)cc3)oc2Sc2ccc(Cl)cn2)cc1. The van der Waals surface area contributed by atoms with E-state index in [1.165, 1.54) is 23.9 Å². The minimum Gasteiger partial charge on any atom is -0.487 e. The highest BCUT2D eigenvalue weighted by molar-refractivity contribution is 7.99. The first kappa shape index (κ1) is 22.8. The van der Waals surface area contributed by atoms with Crippen LogP contribution in [0.3, 0.4) is 0 Å². The Labute approximate surface area is 199 Å². The summed E-state index contributed by atoms with van der Waals surface area (Å²) in [7, 11) is 0. The summed E-state index contributed by atoms with van der Waals surface area (Å²) < 4.78 is 25.2. The van der Waals surface area contributed by atoms with E-state index >= 15 is 0 Å². The molecule has 0 bridgehead atoms. The second kappa shape index (κ2) is 10.5. The molecule has 0 aliphatic heterocycles. The van der Waals surface area contributed by atoms with E-state index in [1.54, 1.807) is 54.7 Å². The summed E-state index contributed by atoms with van der Waals surface area (Å²) in [6, 6.07) is 16.2. The minimum absolute atomic E-state index is 0.126. The molecule has 33 heavy (non-hydrogen) atoms. The number of nitrogens with zero attached hydrogens (tertiary/aromatic N) is 2. The molecule has 0 saturated heterocycles. The molecule has 0 unspecified atom stereocenters. The van der Waals surface area contributed by atoms with Crippen LogP contribution in [-0.2, 0) is 6.61 Å². The Morgan fingerprint density at radius 2 is 1.88 bits per heavy atom. The van der Waals surface area contributed by atoms with Gasteiger partial charge < -0.3 is 14.5 Å². The third kappa shape index (κ3) is 5.91. The van der Waals surface area contributed by atoms with Crippen molar-refractivity contribution in [3.8, 4) is 17.2 Å². The summed E-state index contributed by atoms with van der Waals surface area (Å²) in [4.78, 5) is 20.8. The number of oxazole rings is 1. The Bertz CT molecular complexity index is 1230. The highest BCUT2D eigenvalue weighted by Gasteiger charge is 2.18. The largest absolute Gasteiger partial charge is 0.487 e. The second-order valence-corrected chi connectivity index (χ2v) is 8.28. The summed E-state index contributed by atoms with van der Waals surface area (Å²) in [6.45, 7) is 2.55.